The van der Waals surface area contributed by atoms with Gasteiger partial charge in [0, 0.05) is 5.02 Å². The van der Waals surface area contributed by atoms with E-state index >= 15 is 0 Å². The number of ketones is 1. The van der Waals surface area contributed by atoms with Crippen LogP contribution in [-0.4, -0.2) is 10.9 Å². The summed E-state index contributed by atoms with van der Waals surface area (Å²) >= 11 is 5.71. The average molecular weight is 237 g/mol. The summed E-state index contributed by atoms with van der Waals surface area (Å²) in [5.74, 6) is -0.324. The molecule has 0 amide bonds. The zero-order valence-corrected chi connectivity index (χ0v) is 9.02. The van der Waals surface area contributed by atoms with Crippen molar-refractivity contribution in [3.63, 3.8) is 0 Å². The van der Waals surface area contributed by atoms with E-state index in [1.165, 1.54) is 12.3 Å². The molecule has 0 bridgehead atoms. The maximum Gasteiger partial charge on any atom is 0.230 e. The molecule has 1 heterocycles. The topological polar surface area (TPSA) is 50.4 Å². The van der Waals surface area contributed by atoms with Crippen LogP contribution in [0.4, 0.5) is 0 Å². The highest BCUT2D eigenvalue weighted by atomic mass is 35.5. The molecule has 0 saturated carbocycles. The Morgan fingerprint density at radius 3 is 2.50 bits per heavy atom. The maximum absolute atomic E-state index is 11.7. The van der Waals surface area contributed by atoms with E-state index in [0.717, 1.165) is 0 Å². The zero-order chi connectivity index (χ0) is 11.5. The molecule has 1 atom stereocenters. The average Bonchev–Trinajstić information content (AvgIpc) is 2.81. The predicted molar refractivity (Wildman–Crippen MR) is 59.5 cm³/mol. The molecule has 82 valence electrons. The largest absolute Gasteiger partial charge is 0.461 e. The van der Waals surface area contributed by atoms with Crippen molar-refractivity contribution in [2.75, 3.05) is 0 Å². The van der Waals surface area contributed by atoms with Crippen LogP contribution in [0.25, 0.3) is 0 Å². The lowest BCUT2D eigenvalue weighted by molar-refractivity contribution is 0.0718. The number of aliphatic hydroxyl groups is 1. The van der Waals surface area contributed by atoms with Crippen molar-refractivity contribution in [2.24, 2.45) is 0 Å². The van der Waals surface area contributed by atoms with Gasteiger partial charge in [0.1, 0.15) is 6.10 Å². The molecule has 0 aliphatic rings. The van der Waals surface area contributed by atoms with Crippen molar-refractivity contribution in [3.05, 3.63) is 59.0 Å². The molecular formula is C12H9ClO3. The van der Waals surface area contributed by atoms with Crippen LogP contribution in [-0.2, 0) is 0 Å². The van der Waals surface area contributed by atoms with Crippen molar-refractivity contribution in [1.82, 2.24) is 0 Å². The highest BCUT2D eigenvalue weighted by molar-refractivity contribution is 6.30. The molecular weight excluding hydrogens is 228 g/mol. The Kier molecular flexibility index (Phi) is 3.08. The number of hydrogen-bond acceptors (Lipinski definition) is 3. The molecule has 0 aliphatic carbocycles. The summed E-state index contributed by atoms with van der Waals surface area (Å²) in [6.07, 6.45) is 0.172. The molecule has 3 nitrogen and oxygen atoms in total. The number of Topliss-reactive ketones (excluding diaryl/α,β-unsaturated/α-hetero) is 1. The van der Waals surface area contributed by atoms with Crippen LogP contribution in [0.15, 0.2) is 47.1 Å². The lowest BCUT2D eigenvalue weighted by Gasteiger charge is -2.07. The first-order chi connectivity index (χ1) is 7.68. The highest BCUT2D eigenvalue weighted by Gasteiger charge is 2.21. The third-order valence-corrected chi connectivity index (χ3v) is 2.45. The van der Waals surface area contributed by atoms with Crippen molar-refractivity contribution in [1.29, 1.82) is 0 Å². The Morgan fingerprint density at radius 1 is 1.25 bits per heavy atom. The van der Waals surface area contributed by atoms with Crippen LogP contribution < -0.4 is 0 Å². The van der Waals surface area contributed by atoms with Gasteiger partial charge in [-0.05, 0) is 29.8 Å². The first-order valence-electron chi connectivity index (χ1n) is 4.70. The molecule has 2 rings (SSSR count). The molecule has 0 radical (unpaired) electrons. The molecule has 16 heavy (non-hydrogen) atoms. The minimum Gasteiger partial charge on any atom is -0.461 e. The molecule has 4 heteroatoms. The number of furan rings is 1. The summed E-state index contributed by atoms with van der Waals surface area (Å²) in [5, 5.41) is 10.4. The van der Waals surface area contributed by atoms with Gasteiger partial charge < -0.3 is 9.52 Å². The summed E-state index contributed by atoms with van der Waals surface area (Å²) in [6, 6.07) is 9.57. The van der Waals surface area contributed by atoms with Crippen molar-refractivity contribution >= 4 is 17.4 Å². The van der Waals surface area contributed by atoms with Gasteiger partial charge in [0.25, 0.3) is 0 Å². The Bertz CT molecular complexity index is 473. The Balaban J connectivity index is 2.22. The first kappa shape index (κ1) is 10.9. The van der Waals surface area contributed by atoms with Gasteiger partial charge in [-0.3, -0.25) is 4.79 Å². The Hall–Kier alpha value is -1.58. The number of hydrogen-bond donors (Lipinski definition) is 1. The van der Waals surface area contributed by atoms with E-state index in [9.17, 15) is 9.90 Å². The summed E-state index contributed by atoms with van der Waals surface area (Å²) < 4.78 is 4.93. The number of carbonyl (C=O) groups excluding carboxylic acids is 1. The van der Waals surface area contributed by atoms with E-state index in [0.29, 0.717) is 10.6 Å². The van der Waals surface area contributed by atoms with E-state index < -0.39 is 11.9 Å². The number of aliphatic hydroxyl groups excluding tert-OH is 1. The van der Waals surface area contributed by atoms with Crippen LogP contribution in [0.5, 0.6) is 0 Å². The van der Waals surface area contributed by atoms with Crippen LogP contribution in [0.2, 0.25) is 5.02 Å². The fourth-order valence-corrected chi connectivity index (χ4v) is 1.48. The van der Waals surface area contributed by atoms with Gasteiger partial charge in [-0.25, -0.2) is 0 Å². The molecule has 2 aromatic rings. The van der Waals surface area contributed by atoms with Gasteiger partial charge in [0.15, 0.2) is 5.76 Å². The number of rotatable bonds is 3. The summed E-state index contributed by atoms with van der Waals surface area (Å²) in [7, 11) is 0. The highest BCUT2D eigenvalue weighted by Crippen LogP contribution is 2.20. The monoisotopic (exact) mass is 236 g/mol. The summed E-state index contributed by atoms with van der Waals surface area (Å²) in [6.45, 7) is 0. The first-order valence-corrected chi connectivity index (χ1v) is 5.07. The molecule has 1 aromatic heterocycles. The van der Waals surface area contributed by atoms with E-state index in [-0.39, 0.29) is 5.76 Å². The fraction of sp³-hybridized carbons (Fsp3) is 0.0833. The van der Waals surface area contributed by atoms with Gasteiger partial charge in [-0.2, -0.15) is 0 Å². The second-order valence-electron chi connectivity index (χ2n) is 3.30. The normalized spacial score (nSPS) is 12.4. The standard InChI is InChI=1S/C12H9ClO3/c13-9-5-3-8(4-6-9)11(14)12(15)10-2-1-7-16-10/h1-7,11,14H. The second-order valence-corrected chi connectivity index (χ2v) is 3.73. The number of carbonyl (C=O) groups is 1. The van der Waals surface area contributed by atoms with Crippen molar-refractivity contribution in [3.8, 4) is 0 Å². The van der Waals surface area contributed by atoms with Crippen LogP contribution in [0, 0.1) is 0 Å². The van der Waals surface area contributed by atoms with Gasteiger partial charge >= 0.3 is 0 Å². The van der Waals surface area contributed by atoms with E-state index in [2.05, 4.69) is 0 Å². The van der Waals surface area contributed by atoms with Crippen molar-refractivity contribution < 1.29 is 14.3 Å². The van der Waals surface area contributed by atoms with Gasteiger partial charge in [0.05, 0.1) is 6.26 Å². The Labute approximate surface area is 97.3 Å². The smallest absolute Gasteiger partial charge is 0.230 e. The molecule has 1 N–H and O–H groups in total. The lowest BCUT2D eigenvalue weighted by atomic mass is 10.0. The van der Waals surface area contributed by atoms with Crippen LogP contribution in [0.3, 0.4) is 0 Å². The molecule has 0 saturated heterocycles. The van der Waals surface area contributed by atoms with E-state index in [4.69, 9.17) is 16.0 Å². The lowest BCUT2D eigenvalue weighted by Crippen LogP contribution is -2.11. The molecule has 1 unspecified atom stereocenters. The minimum absolute atomic E-state index is 0.141. The van der Waals surface area contributed by atoms with Gasteiger partial charge in [0.2, 0.25) is 5.78 Å². The molecule has 0 spiro atoms. The van der Waals surface area contributed by atoms with Crippen LogP contribution >= 0.6 is 11.6 Å². The van der Waals surface area contributed by atoms with Gasteiger partial charge in [-0.1, -0.05) is 23.7 Å². The second kappa shape index (κ2) is 4.51. The molecule has 0 fully saturated rings. The Morgan fingerprint density at radius 2 is 1.94 bits per heavy atom. The minimum atomic E-state index is -1.22. The number of halogens is 1. The SMILES string of the molecule is O=C(c1ccco1)C(O)c1ccc(Cl)cc1. The summed E-state index contributed by atoms with van der Waals surface area (Å²) in [4.78, 5) is 11.7. The third kappa shape index (κ3) is 2.15. The van der Waals surface area contributed by atoms with E-state index in [1.807, 2.05) is 0 Å². The number of benzene rings is 1. The fourth-order valence-electron chi connectivity index (χ4n) is 1.35. The maximum atomic E-state index is 11.7. The zero-order valence-electron chi connectivity index (χ0n) is 8.26. The van der Waals surface area contributed by atoms with E-state index in [1.54, 1.807) is 30.3 Å². The van der Waals surface area contributed by atoms with Gasteiger partial charge in [-0.15, -0.1) is 0 Å². The van der Waals surface area contributed by atoms with Crippen molar-refractivity contribution in [2.45, 2.75) is 6.10 Å². The third-order valence-electron chi connectivity index (χ3n) is 2.20. The quantitative estimate of drug-likeness (QED) is 0.834. The summed E-state index contributed by atoms with van der Waals surface area (Å²) in [5.41, 5.74) is 0.491. The van der Waals surface area contributed by atoms with Crippen LogP contribution in [0.1, 0.15) is 22.2 Å². The predicted octanol–water partition coefficient (Wildman–Crippen LogP) is 2.85. The molecule has 1 aromatic carbocycles. The molecule has 0 aliphatic heterocycles.